The lowest BCUT2D eigenvalue weighted by Crippen LogP contribution is -2.54. The molecule has 12 heteroatoms. The SMILES string of the molecule is N=C1CCc2cc(-c3cn(-c4ccc(N5CCN(c6ccc7c(c6)C(=O)N(C6CCC(=O)NC6=O)C7=O)CC5)cc4)nc3-c3ccncc3)ccc21. The van der Waals surface area contributed by atoms with Crippen LogP contribution in [0.25, 0.3) is 28.1 Å². The van der Waals surface area contributed by atoms with Gasteiger partial charge in [-0.25, -0.2) is 4.68 Å². The fraction of sp³-hybridized carbons (Fsp3) is 0.225. The van der Waals surface area contributed by atoms with Gasteiger partial charge in [-0.15, -0.1) is 0 Å². The Balaban J connectivity index is 0.904. The quantitative estimate of drug-likeness (QED) is 0.245. The molecule has 2 saturated heterocycles. The first-order valence-corrected chi connectivity index (χ1v) is 17.5. The number of carbonyl (C=O) groups excluding carboxylic acids is 4. The molecule has 12 nitrogen and oxygen atoms in total. The Labute approximate surface area is 299 Å². The van der Waals surface area contributed by atoms with Crippen molar-refractivity contribution >= 4 is 40.7 Å². The lowest BCUT2D eigenvalue weighted by molar-refractivity contribution is -0.136. The fourth-order valence-corrected chi connectivity index (χ4v) is 7.79. The van der Waals surface area contributed by atoms with Gasteiger partial charge in [0.05, 0.1) is 16.8 Å². The second kappa shape index (κ2) is 12.4. The predicted molar refractivity (Wildman–Crippen MR) is 195 cm³/mol. The van der Waals surface area contributed by atoms with Gasteiger partial charge in [-0.05, 0) is 90.6 Å². The number of anilines is 2. The number of hydrogen-bond acceptors (Lipinski definition) is 9. The molecule has 0 spiro atoms. The van der Waals surface area contributed by atoms with E-state index >= 15 is 0 Å². The molecule has 1 unspecified atom stereocenters. The van der Waals surface area contributed by atoms with Crippen LogP contribution in [-0.4, -0.2) is 81.2 Å². The number of pyridine rings is 1. The number of imide groups is 2. The minimum absolute atomic E-state index is 0.0865. The molecule has 52 heavy (non-hydrogen) atoms. The van der Waals surface area contributed by atoms with E-state index in [1.165, 1.54) is 5.56 Å². The van der Waals surface area contributed by atoms with Gasteiger partial charge < -0.3 is 15.2 Å². The Hall–Kier alpha value is -6.43. The van der Waals surface area contributed by atoms with E-state index in [0.29, 0.717) is 5.71 Å². The van der Waals surface area contributed by atoms with E-state index in [0.717, 1.165) is 88.9 Å². The molecule has 3 aromatic carbocycles. The second-order valence-corrected chi connectivity index (χ2v) is 13.6. The average molecular weight is 691 g/mol. The van der Waals surface area contributed by atoms with Gasteiger partial charge in [-0.3, -0.25) is 34.4 Å². The molecule has 2 aromatic heterocycles. The molecular weight excluding hydrogens is 656 g/mol. The van der Waals surface area contributed by atoms with Crippen molar-refractivity contribution < 1.29 is 19.2 Å². The molecule has 4 amide bonds. The number of piperazine rings is 1. The number of amides is 4. The minimum Gasteiger partial charge on any atom is -0.368 e. The first kappa shape index (κ1) is 31.5. The van der Waals surface area contributed by atoms with Crippen LogP contribution in [0.5, 0.6) is 0 Å². The molecule has 5 heterocycles. The minimum atomic E-state index is -0.983. The van der Waals surface area contributed by atoms with Gasteiger partial charge >= 0.3 is 0 Å². The number of hydrogen-bond donors (Lipinski definition) is 2. The lowest BCUT2D eigenvalue weighted by Gasteiger charge is -2.37. The van der Waals surface area contributed by atoms with Crippen molar-refractivity contribution in [2.24, 2.45) is 0 Å². The normalized spacial score (nSPS) is 18.6. The van der Waals surface area contributed by atoms with Crippen molar-refractivity contribution in [2.75, 3.05) is 36.0 Å². The third-order valence-corrected chi connectivity index (χ3v) is 10.6. The van der Waals surface area contributed by atoms with Gasteiger partial charge in [-0.2, -0.15) is 5.10 Å². The topological polar surface area (TPSA) is 145 Å². The highest BCUT2D eigenvalue weighted by atomic mass is 16.2. The van der Waals surface area contributed by atoms with Crippen molar-refractivity contribution in [3.05, 3.63) is 114 Å². The third-order valence-electron chi connectivity index (χ3n) is 10.6. The predicted octanol–water partition coefficient (Wildman–Crippen LogP) is 4.64. The number of nitrogens with one attached hydrogen (secondary N) is 2. The van der Waals surface area contributed by atoms with Crippen LogP contribution in [0.1, 0.15) is 51.1 Å². The van der Waals surface area contributed by atoms with Gasteiger partial charge in [0, 0.05) is 79.4 Å². The van der Waals surface area contributed by atoms with Crippen LogP contribution in [0.15, 0.2) is 91.4 Å². The van der Waals surface area contributed by atoms with Crippen LogP contribution >= 0.6 is 0 Å². The van der Waals surface area contributed by atoms with Crippen molar-refractivity contribution in [1.29, 1.82) is 5.41 Å². The Kier molecular flexibility index (Phi) is 7.53. The van der Waals surface area contributed by atoms with E-state index < -0.39 is 29.7 Å². The average Bonchev–Trinajstić information content (AvgIpc) is 3.86. The molecule has 2 fully saturated rings. The Morgan fingerprint density at radius 1 is 0.654 bits per heavy atom. The molecule has 0 bridgehead atoms. The maximum atomic E-state index is 13.3. The number of carbonyl (C=O) groups is 4. The van der Waals surface area contributed by atoms with Crippen molar-refractivity contribution in [1.82, 2.24) is 25.0 Å². The second-order valence-electron chi connectivity index (χ2n) is 13.6. The van der Waals surface area contributed by atoms with Crippen molar-refractivity contribution in [3.8, 4) is 28.1 Å². The molecule has 3 aliphatic heterocycles. The summed E-state index contributed by atoms with van der Waals surface area (Å²) < 4.78 is 1.92. The van der Waals surface area contributed by atoms with E-state index in [1.54, 1.807) is 24.5 Å². The van der Waals surface area contributed by atoms with E-state index in [2.05, 4.69) is 68.8 Å². The standard InChI is InChI=1S/C40H34N8O4/c41-34-10-2-25-21-26(1-8-30(25)34)33-23-47(44-37(33)24-13-15-42-16-14-24)28-5-3-27(4-6-28)45-17-19-46(20-18-45)29-7-9-31-32(22-29)40(52)48(39(31)51)35-11-12-36(49)43-38(35)50/h1,3-9,13-16,21-23,35,41H,2,10-12,17-20H2,(H,43,49,50). The van der Waals surface area contributed by atoms with Gasteiger partial charge in [0.1, 0.15) is 11.7 Å². The van der Waals surface area contributed by atoms with E-state index in [1.807, 2.05) is 22.9 Å². The summed E-state index contributed by atoms with van der Waals surface area (Å²) in [5, 5.41) is 15.5. The Morgan fingerprint density at radius 2 is 1.33 bits per heavy atom. The number of nitrogens with zero attached hydrogens (tertiary/aromatic N) is 6. The molecule has 1 atom stereocenters. The lowest BCUT2D eigenvalue weighted by atomic mass is 9.98. The number of aryl methyl sites for hydroxylation is 1. The number of aromatic nitrogens is 3. The number of benzene rings is 3. The largest absolute Gasteiger partial charge is 0.368 e. The van der Waals surface area contributed by atoms with Gasteiger partial charge in [0.2, 0.25) is 11.8 Å². The highest BCUT2D eigenvalue weighted by Crippen LogP contribution is 2.36. The van der Waals surface area contributed by atoms with Crippen molar-refractivity contribution in [2.45, 2.75) is 31.7 Å². The zero-order valence-electron chi connectivity index (χ0n) is 28.2. The molecule has 9 rings (SSSR count). The van der Waals surface area contributed by atoms with E-state index in [9.17, 15) is 19.2 Å². The number of fused-ring (bicyclic) bond motifs is 2. The van der Waals surface area contributed by atoms with Crippen LogP contribution in [0.3, 0.4) is 0 Å². The summed E-state index contributed by atoms with van der Waals surface area (Å²) in [7, 11) is 0. The molecule has 1 aliphatic carbocycles. The van der Waals surface area contributed by atoms with Gasteiger partial charge in [-0.1, -0.05) is 18.2 Å². The highest BCUT2D eigenvalue weighted by Gasteiger charge is 2.44. The first-order valence-electron chi connectivity index (χ1n) is 17.5. The Morgan fingerprint density at radius 3 is 2.08 bits per heavy atom. The summed E-state index contributed by atoms with van der Waals surface area (Å²) in [5.74, 6) is -2.01. The zero-order chi connectivity index (χ0) is 35.5. The summed E-state index contributed by atoms with van der Waals surface area (Å²) in [6.45, 7) is 2.97. The molecule has 5 aromatic rings. The Bertz CT molecular complexity index is 2310. The summed E-state index contributed by atoms with van der Waals surface area (Å²) >= 11 is 0. The molecule has 258 valence electrons. The number of rotatable bonds is 6. The van der Waals surface area contributed by atoms with Crippen LogP contribution in [-0.2, 0) is 16.0 Å². The molecule has 0 radical (unpaired) electrons. The smallest absolute Gasteiger partial charge is 0.262 e. The van der Waals surface area contributed by atoms with Gasteiger partial charge in [0.15, 0.2) is 0 Å². The molecular formula is C40H34N8O4. The summed E-state index contributed by atoms with van der Waals surface area (Å²) in [6, 6.07) is 23.0. The van der Waals surface area contributed by atoms with Crippen LogP contribution < -0.4 is 15.1 Å². The van der Waals surface area contributed by atoms with E-state index in [-0.39, 0.29) is 24.0 Å². The monoisotopic (exact) mass is 690 g/mol. The highest BCUT2D eigenvalue weighted by molar-refractivity contribution is 6.23. The summed E-state index contributed by atoms with van der Waals surface area (Å²) in [6.07, 6.45) is 7.51. The molecule has 0 saturated carbocycles. The van der Waals surface area contributed by atoms with Crippen LogP contribution in [0, 0.1) is 5.41 Å². The molecule has 4 aliphatic rings. The third kappa shape index (κ3) is 5.34. The van der Waals surface area contributed by atoms with Crippen LogP contribution in [0.4, 0.5) is 11.4 Å². The van der Waals surface area contributed by atoms with Gasteiger partial charge in [0.25, 0.3) is 11.8 Å². The number of piperidine rings is 1. The summed E-state index contributed by atoms with van der Waals surface area (Å²) in [4.78, 5) is 60.3. The van der Waals surface area contributed by atoms with Crippen LogP contribution in [0.2, 0.25) is 0 Å². The van der Waals surface area contributed by atoms with E-state index in [4.69, 9.17) is 10.5 Å². The zero-order valence-corrected chi connectivity index (χ0v) is 28.2. The fourth-order valence-electron chi connectivity index (χ4n) is 7.79. The maximum absolute atomic E-state index is 13.3. The maximum Gasteiger partial charge on any atom is 0.262 e. The molecule has 2 N–H and O–H groups in total. The first-order chi connectivity index (χ1) is 25.3. The van der Waals surface area contributed by atoms with Crippen molar-refractivity contribution in [3.63, 3.8) is 0 Å². The summed E-state index contributed by atoms with van der Waals surface area (Å²) in [5.41, 5.74) is 10.4.